The number of rotatable bonds is 6. The summed E-state index contributed by atoms with van der Waals surface area (Å²) in [6.45, 7) is 4.21. The number of nitrogens with two attached hydrogens (primary N) is 1. The van der Waals surface area contributed by atoms with Crippen LogP contribution in [0.1, 0.15) is 30.6 Å². The Bertz CT molecular complexity index is 388. The first kappa shape index (κ1) is 17.7. The summed E-state index contributed by atoms with van der Waals surface area (Å²) in [7, 11) is 0. The van der Waals surface area contributed by atoms with Crippen molar-refractivity contribution in [3.05, 3.63) is 29.8 Å². The van der Waals surface area contributed by atoms with E-state index in [1.165, 1.54) is 0 Å². The number of halogens is 1. The number of esters is 1. The molecule has 6 heteroatoms. The van der Waals surface area contributed by atoms with E-state index in [1.807, 2.05) is 0 Å². The highest BCUT2D eigenvalue weighted by molar-refractivity contribution is 5.89. The molecule has 0 fully saturated rings. The topological polar surface area (TPSA) is 84.6 Å². The van der Waals surface area contributed by atoms with E-state index in [0.29, 0.717) is 30.8 Å². The van der Waals surface area contributed by atoms with Gasteiger partial charge in [0, 0.05) is 12.2 Å². The van der Waals surface area contributed by atoms with Gasteiger partial charge in [-0.15, -0.1) is 12.4 Å². The van der Waals surface area contributed by atoms with Gasteiger partial charge in [-0.1, -0.05) is 0 Å². The van der Waals surface area contributed by atoms with E-state index >= 15 is 0 Å². The molecule has 0 saturated carbocycles. The minimum atomic E-state index is -0.902. The smallest absolute Gasteiger partial charge is 0.338 e. The molecule has 108 valence electrons. The summed E-state index contributed by atoms with van der Waals surface area (Å²) >= 11 is 0. The predicted octanol–water partition coefficient (Wildman–Crippen LogP) is 1.56. The van der Waals surface area contributed by atoms with Crippen LogP contribution in [0.15, 0.2) is 24.3 Å². The molecule has 0 radical (unpaired) electrons. The van der Waals surface area contributed by atoms with Crippen LogP contribution in [0, 0.1) is 0 Å². The molecule has 0 spiro atoms. The van der Waals surface area contributed by atoms with Crippen molar-refractivity contribution >= 4 is 24.1 Å². The lowest BCUT2D eigenvalue weighted by atomic mass is 10.2. The maximum atomic E-state index is 11.6. The molecule has 0 saturated heterocycles. The second kappa shape index (κ2) is 7.99. The standard InChI is InChI=1S/C13H20N2O3.ClH/c1-13(2,17)15-8-3-9-18-12(16)10-4-6-11(14)7-5-10;/h4-7,15,17H,3,8-9,14H2,1-2H3;1H. The van der Waals surface area contributed by atoms with Gasteiger partial charge < -0.3 is 15.6 Å². The molecule has 0 aromatic heterocycles. The third-order valence-corrected chi connectivity index (χ3v) is 2.26. The van der Waals surface area contributed by atoms with Crippen LogP contribution in [0.2, 0.25) is 0 Å². The van der Waals surface area contributed by atoms with Crippen LogP contribution in [-0.4, -0.2) is 30.0 Å². The number of nitrogen functional groups attached to an aromatic ring is 1. The molecule has 0 heterocycles. The average Bonchev–Trinajstić information content (AvgIpc) is 2.27. The monoisotopic (exact) mass is 288 g/mol. The van der Waals surface area contributed by atoms with Crippen LogP contribution in [0.25, 0.3) is 0 Å². The number of ether oxygens (including phenoxy) is 1. The summed E-state index contributed by atoms with van der Waals surface area (Å²) in [4.78, 5) is 11.6. The van der Waals surface area contributed by atoms with E-state index in [1.54, 1.807) is 38.1 Å². The zero-order valence-corrected chi connectivity index (χ0v) is 12.0. The Balaban J connectivity index is 0.00000324. The van der Waals surface area contributed by atoms with Crippen LogP contribution in [-0.2, 0) is 4.74 Å². The Labute approximate surface area is 119 Å². The predicted molar refractivity (Wildman–Crippen MR) is 77.3 cm³/mol. The molecule has 0 unspecified atom stereocenters. The fourth-order valence-electron chi connectivity index (χ4n) is 1.33. The van der Waals surface area contributed by atoms with E-state index < -0.39 is 5.72 Å². The molecule has 0 aliphatic rings. The Morgan fingerprint density at radius 2 is 1.95 bits per heavy atom. The number of aliphatic hydroxyl groups is 1. The zero-order valence-electron chi connectivity index (χ0n) is 11.2. The lowest BCUT2D eigenvalue weighted by Crippen LogP contribution is -2.39. The fourth-order valence-corrected chi connectivity index (χ4v) is 1.33. The summed E-state index contributed by atoms with van der Waals surface area (Å²) in [5.74, 6) is -0.363. The maximum Gasteiger partial charge on any atom is 0.338 e. The molecular weight excluding hydrogens is 268 g/mol. The third kappa shape index (κ3) is 7.66. The highest BCUT2D eigenvalue weighted by atomic mass is 35.5. The quantitative estimate of drug-likeness (QED) is 0.320. The van der Waals surface area contributed by atoms with Gasteiger partial charge in [0.15, 0.2) is 0 Å². The first-order valence-electron chi connectivity index (χ1n) is 5.88. The summed E-state index contributed by atoms with van der Waals surface area (Å²) in [5, 5.41) is 12.3. The van der Waals surface area contributed by atoms with Crippen LogP contribution >= 0.6 is 12.4 Å². The molecule has 4 N–H and O–H groups in total. The van der Waals surface area contributed by atoms with Crippen molar-refractivity contribution in [2.45, 2.75) is 26.0 Å². The summed E-state index contributed by atoms with van der Waals surface area (Å²) in [5.41, 5.74) is 5.72. The molecule has 0 atom stereocenters. The van der Waals surface area contributed by atoms with Crippen LogP contribution in [0.3, 0.4) is 0 Å². The second-order valence-electron chi connectivity index (χ2n) is 4.60. The van der Waals surface area contributed by atoms with Gasteiger partial charge in [0.1, 0.15) is 5.72 Å². The second-order valence-corrected chi connectivity index (χ2v) is 4.60. The molecule has 1 aromatic carbocycles. The highest BCUT2D eigenvalue weighted by Gasteiger charge is 2.10. The van der Waals surface area contributed by atoms with Crippen LogP contribution in [0.5, 0.6) is 0 Å². The summed E-state index contributed by atoms with van der Waals surface area (Å²) < 4.78 is 5.08. The van der Waals surface area contributed by atoms with Gasteiger partial charge in [0.25, 0.3) is 0 Å². The van der Waals surface area contributed by atoms with E-state index in [4.69, 9.17) is 10.5 Å². The van der Waals surface area contributed by atoms with Crippen molar-refractivity contribution in [3.63, 3.8) is 0 Å². The minimum absolute atomic E-state index is 0. The molecule has 1 rings (SSSR count). The molecule has 0 amide bonds. The van der Waals surface area contributed by atoms with E-state index in [9.17, 15) is 9.90 Å². The van der Waals surface area contributed by atoms with Gasteiger partial charge >= 0.3 is 5.97 Å². The lowest BCUT2D eigenvalue weighted by molar-refractivity contribution is 0.0376. The first-order chi connectivity index (χ1) is 8.38. The Kier molecular flexibility index (Phi) is 7.44. The molecular formula is C13H21ClN2O3. The number of anilines is 1. The van der Waals surface area contributed by atoms with Gasteiger partial charge in [-0.3, -0.25) is 5.32 Å². The zero-order chi connectivity index (χ0) is 13.6. The largest absolute Gasteiger partial charge is 0.462 e. The first-order valence-corrected chi connectivity index (χ1v) is 5.88. The summed E-state index contributed by atoms with van der Waals surface area (Å²) in [6, 6.07) is 6.58. The number of carbonyl (C=O) groups is 1. The number of hydrogen-bond acceptors (Lipinski definition) is 5. The molecule has 0 aliphatic carbocycles. The Morgan fingerprint density at radius 1 is 1.37 bits per heavy atom. The van der Waals surface area contributed by atoms with Crippen molar-refractivity contribution < 1.29 is 14.6 Å². The summed E-state index contributed by atoms with van der Waals surface area (Å²) in [6.07, 6.45) is 0.644. The van der Waals surface area contributed by atoms with E-state index in [-0.39, 0.29) is 18.4 Å². The fraction of sp³-hybridized carbons (Fsp3) is 0.462. The van der Waals surface area contributed by atoms with E-state index in [0.717, 1.165) is 0 Å². The lowest BCUT2D eigenvalue weighted by Gasteiger charge is -2.18. The van der Waals surface area contributed by atoms with Crippen molar-refractivity contribution in [3.8, 4) is 0 Å². The van der Waals surface area contributed by atoms with Gasteiger partial charge in [-0.25, -0.2) is 4.79 Å². The Hall–Kier alpha value is -1.30. The molecule has 5 nitrogen and oxygen atoms in total. The normalized spacial score (nSPS) is 10.7. The van der Waals surface area contributed by atoms with Crippen molar-refractivity contribution in [1.29, 1.82) is 0 Å². The molecule has 1 aromatic rings. The van der Waals surface area contributed by atoms with Crippen LogP contribution in [0.4, 0.5) is 5.69 Å². The number of carbonyl (C=O) groups excluding carboxylic acids is 1. The average molecular weight is 289 g/mol. The van der Waals surface area contributed by atoms with Crippen molar-refractivity contribution in [2.75, 3.05) is 18.9 Å². The molecule has 0 aliphatic heterocycles. The van der Waals surface area contributed by atoms with Crippen molar-refractivity contribution in [2.24, 2.45) is 0 Å². The number of benzene rings is 1. The van der Waals surface area contributed by atoms with Gasteiger partial charge in [-0.2, -0.15) is 0 Å². The number of nitrogens with one attached hydrogen (secondary N) is 1. The van der Waals surface area contributed by atoms with Crippen molar-refractivity contribution in [1.82, 2.24) is 5.32 Å². The van der Waals surface area contributed by atoms with E-state index in [2.05, 4.69) is 5.32 Å². The minimum Gasteiger partial charge on any atom is -0.462 e. The SMILES string of the molecule is CC(C)(O)NCCCOC(=O)c1ccc(N)cc1.Cl. The van der Waals surface area contributed by atoms with Gasteiger partial charge in [0.05, 0.1) is 12.2 Å². The molecule has 19 heavy (non-hydrogen) atoms. The highest BCUT2D eigenvalue weighted by Crippen LogP contribution is 2.07. The molecule has 0 bridgehead atoms. The third-order valence-electron chi connectivity index (χ3n) is 2.26. The van der Waals surface area contributed by atoms with Gasteiger partial charge in [-0.05, 0) is 44.5 Å². The number of hydrogen-bond donors (Lipinski definition) is 3. The van der Waals surface area contributed by atoms with Crippen LogP contribution < -0.4 is 11.1 Å². The maximum absolute atomic E-state index is 11.6. The van der Waals surface area contributed by atoms with Gasteiger partial charge in [0.2, 0.25) is 0 Å². The Morgan fingerprint density at radius 3 is 2.47 bits per heavy atom.